The fourth-order valence-electron chi connectivity index (χ4n) is 2.00. The van der Waals surface area contributed by atoms with Crippen LogP contribution < -0.4 is 10.2 Å². The molecule has 0 aliphatic carbocycles. The van der Waals surface area contributed by atoms with Gasteiger partial charge in [-0.2, -0.15) is 5.10 Å². The summed E-state index contributed by atoms with van der Waals surface area (Å²) in [4.78, 5) is 7.47. The zero-order valence-corrected chi connectivity index (χ0v) is 13.3. The van der Waals surface area contributed by atoms with Crippen molar-refractivity contribution < 1.29 is 9.84 Å². The smallest absolute Gasteiger partial charge is 0.222 e. The van der Waals surface area contributed by atoms with Gasteiger partial charge in [-0.25, -0.2) is 10.4 Å². The predicted octanol–water partition coefficient (Wildman–Crippen LogP) is 3.49. The van der Waals surface area contributed by atoms with Gasteiger partial charge in [0.25, 0.3) is 0 Å². The lowest BCUT2D eigenvalue weighted by molar-refractivity contribution is 0.372. The first kappa shape index (κ1) is 14.4. The van der Waals surface area contributed by atoms with E-state index in [1.807, 2.05) is 24.3 Å². The van der Waals surface area contributed by atoms with Crippen molar-refractivity contribution in [3.8, 4) is 11.5 Å². The van der Waals surface area contributed by atoms with Gasteiger partial charge in [0.1, 0.15) is 0 Å². The number of fused-ring (bicyclic) bond motifs is 1. The average molecular weight is 361 g/mol. The highest BCUT2D eigenvalue weighted by Gasteiger charge is 2.07. The molecule has 1 aromatic heterocycles. The number of hydrazone groups is 1. The number of anilines is 1. The summed E-state index contributed by atoms with van der Waals surface area (Å²) in [5.74, 6) is 0.992. The Morgan fingerprint density at radius 3 is 2.95 bits per heavy atom. The maximum absolute atomic E-state index is 9.76. The largest absolute Gasteiger partial charge is 0.503 e. The van der Waals surface area contributed by atoms with E-state index in [1.165, 1.54) is 7.11 Å². The number of hydrogen-bond acceptors (Lipinski definition) is 5. The third-order valence-electron chi connectivity index (χ3n) is 3.04. The summed E-state index contributed by atoms with van der Waals surface area (Å²) >= 11 is 3.27. The van der Waals surface area contributed by atoms with Crippen molar-refractivity contribution in [2.45, 2.75) is 0 Å². The molecule has 0 atom stereocenters. The van der Waals surface area contributed by atoms with E-state index in [0.29, 0.717) is 16.2 Å². The first-order valence-electron chi connectivity index (χ1n) is 6.47. The van der Waals surface area contributed by atoms with Gasteiger partial charge in [0.15, 0.2) is 11.5 Å². The van der Waals surface area contributed by atoms with Gasteiger partial charge in [-0.05, 0) is 45.8 Å². The molecule has 0 fully saturated rings. The molecule has 3 aromatic rings. The SMILES string of the molecule is COc1cc(/C=N\Nc2nc3ccccc3[nH]2)cc(Br)c1O. The van der Waals surface area contributed by atoms with Crippen LogP contribution in [0, 0.1) is 0 Å². The minimum atomic E-state index is 0.0601. The highest BCUT2D eigenvalue weighted by molar-refractivity contribution is 9.10. The average Bonchev–Trinajstić information content (AvgIpc) is 2.93. The molecular weight excluding hydrogens is 348 g/mol. The van der Waals surface area contributed by atoms with E-state index < -0.39 is 0 Å². The number of rotatable bonds is 4. The van der Waals surface area contributed by atoms with E-state index in [-0.39, 0.29) is 5.75 Å². The molecule has 0 bridgehead atoms. The van der Waals surface area contributed by atoms with E-state index in [1.54, 1.807) is 18.3 Å². The summed E-state index contributed by atoms with van der Waals surface area (Å²) in [6, 6.07) is 11.2. The lowest BCUT2D eigenvalue weighted by atomic mass is 10.2. The summed E-state index contributed by atoms with van der Waals surface area (Å²) in [5.41, 5.74) is 5.42. The van der Waals surface area contributed by atoms with Gasteiger partial charge in [0.2, 0.25) is 5.95 Å². The summed E-state index contributed by atoms with van der Waals surface area (Å²) in [7, 11) is 1.50. The number of halogens is 1. The van der Waals surface area contributed by atoms with Crippen LogP contribution in [0.5, 0.6) is 11.5 Å². The van der Waals surface area contributed by atoms with Crippen LogP contribution >= 0.6 is 15.9 Å². The Kier molecular flexibility index (Phi) is 3.97. The van der Waals surface area contributed by atoms with Crippen molar-refractivity contribution in [2.24, 2.45) is 5.10 Å². The number of para-hydroxylation sites is 2. The molecule has 2 aromatic carbocycles. The van der Waals surface area contributed by atoms with E-state index in [2.05, 4.69) is 36.4 Å². The van der Waals surface area contributed by atoms with Crippen molar-refractivity contribution in [2.75, 3.05) is 12.5 Å². The third kappa shape index (κ3) is 2.89. The lowest BCUT2D eigenvalue weighted by Crippen LogP contribution is -1.93. The maximum atomic E-state index is 9.76. The van der Waals surface area contributed by atoms with E-state index >= 15 is 0 Å². The zero-order valence-electron chi connectivity index (χ0n) is 11.7. The number of phenolic OH excluding ortho intramolecular Hbond substituents is 1. The first-order valence-corrected chi connectivity index (χ1v) is 7.27. The van der Waals surface area contributed by atoms with Gasteiger partial charge >= 0.3 is 0 Å². The van der Waals surface area contributed by atoms with Crippen molar-refractivity contribution >= 4 is 39.1 Å². The minimum absolute atomic E-state index is 0.0601. The Bertz CT molecular complexity index is 812. The van der Waals surface area contributed by atoms with Crippen LogP contribution in [0.25, 0.3) is 11.0 Å². The number of nitrogens with one attached hydrogen (secondary N) is 2. The Balaban J connectivity index is 1.78. The van der Waals surface area contributed by atoms with Crippen LogP contribution in [-0.2, 0) is 0 Å². The Labute approximate surface area is 135 Å². The Morgan fingerprint density at radius 1 is 1.36 bits per heavy atom. The highest BCUT2D eigenvalue weighted by atomic mass is 79.9. The first-order chi connectivity index (χ1) is 10.7. The number of H-pyrrole nitrogens is 1. The summed E-state index contributed by atoms with van der Waals surface area (Å²) in [5, 5.41) is 13.9. The van der Waals surface area contributed by atoms with E-state index in [9.17, 15) is 5.11 Å². The molecule has 0 saturated heterocycles. The molecule has 3 N–H and O–H groups in total. The zero-order chi connectivity index (χ0) is 15.5. The number of phenols is 1. The van der Waals surface area contributed by atoms with Crippen LogP contribution in [0.15, 0.2) is 46.0 Å². The number of nitrogens with zero attached hydrogens (tertiary/aromatic N) is 2. The number of aromatic amines is 1. The van der Waals surface area contributed by atoms with Crippen LogP contribution in [0.4, 0.5) is 5.95 Å². The highest BCUT2D eigenvalue weighted by Crippen LogP contribution is 2.34. The molecule has 22 heavy (non-hydrogen) atoms. The van der Waals surface area contributed by atoms with Crippen LogP contribution in [0.3, 0.4) is 0 Å². The van der Waals surface area contributed by atoms with Crippen molar-refractivity contribution in [3.05, 3.63) is 46.4 Å². The second-order valence-electron chi connectivity index (χ2n) is 4.53. The van der Waals surface area contributed by atoms with Gasteiger partial charge in [-0.3, -0.25) is 0 Å². The minimum Gasteiger partial charge on any atom is -0.503 e. The molecule has 1 heterocycles. The topological polar surface area (TPSA) is 82.5 Å². The van der Waals surface area contributed by atoms with Crippen molar-refractivity contribution in [1.82, 2.24) is 9.97 Å². The second-order valence-corrected chi connectivity index (χ2v) is 5.38. The molecule has 0 aliphatic heterocycles. The number of aromatic hydroxyl groups is 1. The van der Waals surface area contributed by atoms with Gasteiger partial charge in [-0.1, -0.05) is 12.1 Å². The summed E-state index contributed by atoms with van der Waals surface area (Å²) < 4.78 is 5.63. The fourth-order valence-corrected chi connectivity index (χ4v) is 2.46. The van der Waals surface area contributed by atoms with Crippen LogP contribution in [-0.4, -0.2) is 28.4 Å². The van der Waals surface area contributed by atoms with Gasteiger partial charge in [0, 0.05) is 0 Å². The number of methoxy groups -OCH3 is 1. The van der Waals surface area contributed by atoms with E-state index in [0.717, 1.165) is 16.6 Å². The summed E-state index contributed by atoms with van der Waals surface area (Å²) in [6.45, 7) is 0. The third-order valence-corrected chi connectivity index (χ3v) is 3.65. The van der Waals surface area contributed by atoms with Crippen molar-refractivity contribution in [3.63, 3.8) is 0 Å². The van der Waals surface area contributed by atoms with Gasteiger partial charge in [-0.15, -0.1) is 0 Å². The number of aromatic nitrogens is 2. The molecule has 0 amide bonds. The Morgan fingerprint density at radius 2 is 2.18 bits per heavy atom. The Hall–Kier alpha value is -2.54. The van der Waals surface area contributed by atoms with Crippen LogP contribution in [0.1, 0.15) is 5.56 Å². The van der Waals surface area contributed by atoms with Gasteiger partial charge in [0.05, 0.1) is 28.8 Å². The van der Waals surface area contributed by atoms with Crippen LogP contribution in [0.2, 0.25) is 0 Å². The molecule has 0 spiro atoms. The summed E-state index contributed by atoms with van der Waals surface area (Å²) in [6.07, 6.45) is 1.61. The number of hydrogen-bond donors (Lipinski definition) is 3. The molecule has 112 valence electrons. The van der Waals surface area contributed by atoms with Gasteiger partial charge < -0.3 is 14.8 Å². The molecule has 0 unspecified atom stereocenters. The molecule has 0 saturated carbocycles. The molecule has 0 radical (unpaired) electrons. The van der Waals surface area contributed by atoms with E-state index in [4.69, 9.17) is 4.74 Å². The standard InChI is InChI=1S/C15H13BrN4O2/c1-22-13-7-9(6-10(16)14(13)21)8-17-20-15-18-11-4-2-3-5-12(11)19-15/h2-8,21H,1H3,(H2,18,19,20)/b17-8-. The predicted molar refractivity (Wildman–Crippen MR) is 89.7 cm³/mol. The molecule has 7 heteroatoms. The van der Waals surface area contributed by atoms with Crippen molar-refractivity contribution in [1.29, 1.82) is 0 Å². The number of imidazole rings is 1. The molecular formula is C15H13BrN4O2. The normalized spacial score (nSPS) is 11.2. The lowest BCUT2D eigenvalue weighted by Gasteiger charge is -2.06. The molecule has 6 nitrogen and oxygen atoms in total. The molecule has 3 rings (SSSR count). The monoisotopic (exact) mass is 360 g/mol. The fraction of sp³-hybridized carbons (Fsp3) is 0.0667. The maximum Gasteiger partial charge on any atom is 0.222 e. The number of benzene rings is 2. The molecule has 0 aliphatic rings. The second kappa shape index (κ2) is 6.07. The quantitative estimate of drug-likeness (QED) is 0.491. The number of ether oxygens (including phenoxy) is 1.